The zero-order chi connectivity index (χ0) is 10.0. The zero-order valence-electron chi connectivity index (χ0n) is 7.69. The second-order valence-electron chi connectivity index (χ2n) is 3.25. The standard InChI is InChI=1S/C8H13NO4/c1-5-3-6(4-13-5)9(2)7(10)8(11)12/h5-6H,3-4H2,1-2H3,(H,11,12). The highest BCUT2D eigenvalue weighted by atomic mass is 16.5. The summed E-state index contributed by atoms with van der Waals surface area (Å²) in [6.07, 6.45) is 0.809. The van der Waals surface area contributed by atoms with Gasteiger partial charge >= 0.3 is 11.9 Å². The van der Waals surface area contributed by atoms with Crippen LogP contribution in [0, 0.1) is 0 Å². The molecule has 2 unspecified atom stereocenters. The molecule has 1 aliphatic heterocycles. The number of carbonyl (C=O) groups is 2. The fourth-order valence-electron chi connectivity index (χ4n) is 1.38. The van der Waals surface area contributed by atoms with Gasteiger partial charge < -0.3 is 14.7 Å². The minimum Gasteiger partial charge on any atom is -0.474 e. The van der Waals surface area contributed by atoms with E-state index in [1.165, 1.54) is 11.9 Å². The summed E-state index contributed by atoms with van der Waals surface area (Å²) in [5.74, 6) is -2.29. The van der Waals surface area contributed by atoms with Crippen LogP contribution in [0.2, 0.25) is 0 Å². The predicted octanol–water partition coefficient (Wildman–Crippen LogP) is -0.293. The van der Waals surface area contributed by atoms with Crippen LogP contribution in [0.15, 0.2) is 0 Å². The van der Waals surface area contributed by atoms with Gasteiger partial charge in [0.15, 0.2) is 0 Å². The molecule has 1 saturated heterocycles. The van der Waals surface area contributed by atoms with E-state index >= 15 is 0 Å². The maximum Gasteiger partial charge on any atom is 0.394 e. The third-order valence-corrected chi connectivity index (χ3v) is 2.23. The van der Waals surface area contributed by atoms with Crippen molar-refractivity contribution in [3.63, 3.8) is 0 Å². The molecule has 0 saturated carbocycles. The quantitative estimate of drug-likeness (QED) is 0.573. The number of hydrogen-bond donors (Lipinski definition) is 1. The van der Waals surface area contributed by atoms with Crippen LogP contribution in [0.5, 0.6) is 0 Å². The molecule has 1 rings (SSSR count). The van der Waals surface area contributed by atoms with E-state index in [9.17, 15) is 9.59 Å². The fourth-order valence-corrected chi connectivity index (χ4v) is 1.38. The molecule has 1 amide bonds. The number of carboxylic acids is 1. The molecule has 1 fully saturated rings. The van der Waals surface area contributed by atoms with Gasteiger partial charge in [-0.2, -0.15) is 0 Å². The first-order valence-corrected chi connectivity index (χ1v) is 4.14. The number of rotatable bonds is 1. The molecule has 0 spiro atoms. The molecule has 0 aromatic heterocycles. The minimum atomic E-state index is -1.41. The van der Waals surface area contributed by atoms with Crippen molar-refractivity contribution >= 4 is 11.9 Å². The summed E-state index contributed by atoms with van der Waals surface area (Å²) in [6, 6.07) is -0.0985. The van der Waals surface area contributed by atoms with Gasteiger partial charge in [0.1, 0.15) is 0 Å². The van der Waals surface area contributed by atoms with Crippen LogP contribution in [0.3, 0.4) is 0 Å². The van der Waals surface area contributed by atoms with Crippen molar-refractivity contribution in [1.29, 1.82) is 0 Å². The molecule has 0 radical (unpaired) electrons. The highest BCUT2D eigenvalue weighted by molar-refractivity contribution is 6.31. The molecule has 0 aromatic carbocycles. The molecular formula is C8H13NO4. The van der Waals surface area contributed by atoms with E-state index in [4.69, 9.17) is 9.84 Å². The third-order valence-electron chi connectivity index (χ3n) is 2.23. The molecule has 1 heterocycles. The van der Waals surface area contributed by atoms with Crippen molar-refractivity contribution in [2.75, 3.05) is 13.7 Å². The van der Waals surface area contributed by atoms with Gasteiger partial charge in [0.25, 0.3) is 0 Å². The summed E-state index contributed by atoms with van der Waals surface area (Å²) in [5.41, 5.74) is 0. The first-order chi connectivity index (χ1) is 6.02. The van der Waals surface area contributed by atoms with E-state index in [2.05, 4.69) is 0 Å². The maximum atomic E-state index is 11.0. The fraction of sp³-hybridized carbons (Fsp3) is 0.750. The zero-order valence-corrected chi connectivity index (χ0v) is 7.69. The Morgan fingerprint density at radius 3 is 2.54 bits per heavy atom. The lowest BCUT2D eigenvalue weighted by molar-refractivity contribution is -0.156. The molecule has 1 N–H and O–H groups in total. The number of carbonyl (C=O) groups excluding carboxylic acids is 1. The van der Waals surface area contributed by atoms with Crippen molar-refractivity contribution in [3.8, 4) is 0 Å². The first-order valence-electron chi connectivity index (χ1n) is 4.14. The number of aliphatic carboxylic acids is 1. The molecular weight excluding hydrogens is 174 g/mol. The number of amides is 1. The Balaban J connectivity index is 2.53. The molecule has 13 heavy (non-hydrogen) atoms. The smallest absolute Gasteiger partial charge is 0.394 e. The number of likely N-dealkylation sites (N-methyl/N-ethyl adjacent to an activating group) is 1. The molecule has 0 bridgehead atoms. The maximum absolute atomic E-state index is 11.0. The topological polar surface area (TPSA) is 66.8 Å². The van der Waals surface area contributed by atoms with E-state index < -0.39 is 11.9 Å². The lowest BCUT2D eigenvalue weighted by Gasteiger charge is -2.20. The summed E-state index contributed by atoms with van der Waals surface area (Å²) < 4.78 is 5.23. The second kappa shape index (κ2) is 3.74. The Labute approximate surface area is 76.3 Å². The van der Waals surface area contributed by atoms with Gasteiger partial charge in [-0.3, -0.25) is 4.79 Å². The highest BCUT2D eigenvalue weighted by Crippen LogP contribution is 2.16. The van der Waals surface area contributed by atoms with Gasteiger partial charge in [-0.15, -0.1) is 0 Å². The average Bonchev–Trinajstić information content (AvgIpc) is 2.49. The number of ether oxygens (including phenoxy) is 1. The summed E-state index contributed by atoms with van der Waals surface area (Å²) in [6.45, 7) is 2.33. The van der Waals surface area contributed by atoms with Crippen LogP contribution < -0.4 is 0 Å². The minimum absolute atomic E-state index is 0.0985. The highest BCUT2D eigenvalue weighted by Gasteiger charge is 2.30. The number of carboxylic acid groups (broad SMARTS) is 1. The van der Waals surface area contributed by atoms with Crippen LogP contribution in [-0.2, 0) is 14.3 Å². The lowest BCUT2D eigenvalue weighted by atomic mass is 10.2. The van der Waals surface area contributed by atoms with Crippen molar-refractivity contribution in [1.82, 2.24) is 4.90 Å². The molecule has 0 aromatic rings. The van der Waals surface area contributed by atoms with E-state index in [1.54, 1.807) is 0 Å². The summed E-state index contributed by atoms with van der Waals surface area (Å²) in [5, 5.41) is 8.45. The van der Waals surface area contributed by atoms with E-state index in [-0.39, 0.29) is 12.1 Å². The normalized spacial score (nSPS) is 27.2. The van der Waals surface area contributed by atoms with Gasteiger partial charge in [-0.25, -0.2) is 4.79 Å². The van der Waals surface area contributed by atoms with Crippen molar-refractivity contribution < 1.29 is 19.4 Å². The van der Waals surface area contributed by atoms with Gasteiger partial charge in [0, 0.05) is 7.05 Å². The van der Waals surface area contributed by atoms with E-state index in [0.717, 1.165) is 0 Å². The molecule has 2 atom stereocenters. The first kappa shape index (κ1) is 9.98. The van der Waals surface area contributed by atoms with Crippen LogP contribution in [0.25, 0.3) is 0 Å². The Bertz CT molecular complexity index is 228. The number of hydrogen-bond acceptors (Lipinski definition) is 3. The Kier molecular flexibility index (Phi) is 2.87. The molecule has 1 aliphatic rings. The Morgan fingerprint density at radius 2 is 2.15 bits per heavy atom. The summed E-state index contributed by atoms with van der Waals surface area (Å²) in [7, 11) is 1.49. The van der Waals surface area contributed by atoms with Crippen molar-refractivity contribution in [3.05, 3.63) is 0 Å². The predicted molar refractivity (Wildman–Crippen MR) is 44.2 cm³/mol. The van der Waals surface area contributed by atoms with Crippen LogP contribution in [-0.4, -0.2) is 47.7 Å². The van der Waals surface area contributed by atoms with Gasteiger partial charge in [-0.1, -0.05) is 0 Å². The summed E-state index contributed by atoms with van der Waals surface area (Å²) >= 11 is 0. The molecule has 0 aliphatic carbocycles. The van der Waals surface area contributed by atoms with Crippen LogP contribution in [0.4, 0.5) is 0 Å². The molecule has 5 nitrogen and oxygen atoms in total. The van der Waals surface area contributed by atoms with Gasteiger partial charge in [0.05, 0.1) is 18.8 Å². The lowest BCUT2D eigenvalue weighted by Crippen LogP contribution is -2.41. The van der Waals surface area contributed by atoms with Gasteiger partial charge in [-0.05, 0) is 13.3 Å². The molecule has 5 heteroatoms. The third kappa shape index (κ3) is 2.18. The van der Waals surface area contributed by atoms with E-state index in [1.807, 2.05) is 6.92 Å². The Hall–Kier alpha value is -1.10. The second-order valence-corrected chi connectivity index (χ2v) is 3.25. The molecule has 74 valence electrons. The van der Waals surface area contributed by atoms with Crippen molar-refractivity contribution in [2.24, 2.45) is 0 Å². The average molecular weight is 187 g/mol. The van der Waals surface area contributed by atoms with Crippen LogP contribution in [0.1, 0.15) is 13.3 Å². The largest absolute Gasteiger partial charge is 0.474 e. The van der Waals surface area contributed by atoms with Crippen LogP contribution >= 0.6 is 0 Å². The van der Waals surface area contributed by atoms with Gasteiger partial charge in [0.2, 0.25) is 0 Å². The van der Waals surface area contributed by atoms with Crippen molar-refractivity contribution in [2.45, 2.75) is 25.5 Å². The Morgan fingerprint density at radius 1 is 1.54 bits per heavy atom. The van der Waals surface area contributed by atoms with E-state index in [0.29, 0.717) is 13.0 Å². The number of nitrogens with zero attached hydrogens (tertiary/aromatic N) is 1. The monoisotopic (exact) mass is 187 g/mol. The SMILES string of the molecule is CC1CC(N(C)C(=O)C(=O)O)CO1. The summed E-state index contributed by atoms with van der Waals surface area (Å²) in [4.78, 5) is 22.6.